The van der Waals surface area contributed by atoms with Crippen molar-refractivity contribution in [3.05, 3.63) is 0 Å². The summed E-state index contributed by atoms with van der Waals surface area (Å²) < 4.78 is 5.20. The first-order valence-electron chi connectivity index (χ1n) is 3.84. The standard InChI is InChI=1S/C7H16N2O.ClH/c1-7(8)6-9-2-4-10-5-3-9;/h7H,2-6,8H2,1H3;1H. The number of nitrogens with two attached hydrogens (primary N) is 1. The average Bonchev–Trinajstić information content (AvgIpc) is 1.88. The number of hydrogen-bond donors (Lipinski definition) is 1. The summed E-state index contributed by atoms with van der Waals surface area (Å²) in [6.07, 6.45) is 0. The molecule has 0 aromatic rings. The van der Waals surface area contributed by atoms with E-state index in [2.05, 4.69) is 4.90 Å². The number of rotatable bonds is 2. The third-order valence-corrected chi connectivity index (χ3v) is 1.65. The Kier molecular flexibility index (Phi) is 5.86. The van der Waals surface area contributed by atoms with Crippen LogP contribution in [0.4, 0.5) is 0 Å². The van der Waals surface area contributed by atoms with Crippen molar-refractivity contribution in [3.8, 4) is 0 Å². The van der Waals surface area contributed by atoms with E-state index in [0.717, 1.165) is 32.8 Å². The molecule has 1 rings (SSSR count). The Morgan fingerprint density at radius 3 is 2.45 bits per heavy atom. The molecule has 1 aliphatic rings. The van der Waals surface area contributed by atoms with Crippen molar-refractivity contribution < 1.29 is 4.74 Å². The third kappa shape index (κ3) is 4.58. The Morgan fingerprint density at radius 2 is 2.00 bits per heavy atom. The number of morpholine rings is 1. The highest BCUT2D eigenvalue weighted by atomic mass is 35.5. The van der Waals surface area contributed by atoms with E-state index in [1.165, 1.54) is 0 Å². The van der Waals surface area contributed by atoms with Crippen LogP contribution < -0.4 is 5.73 Å². The summed E-state index contributed by atoms with van der Waals surface area (Å²) in [6.45, 7) is 6.86. The molecule has 0 spiro atoms. The Morgan fingerprint density at radius 1 is 1.45 bits per heavy atom. The molecule has 1 unspecified atom stereocenters. The maximum Gasteiger partial charge on any atom is 0.0594 e. The van der Waals surface area contributed by atoms with E-state index in [1.807, 2.05) is 6.92 Å². The zero-order valence-electron chi connectivity index (χ0n) is 6.95. The van der Waals surface area contributed by atoms with Crippen molar-refractivity contribution in [1.82, 2.24) is 4.90 Å². The average molecular weight is 181 g/mol. The molecule has 1 fully saturated rings. The van der Waals surface area contributed by atoms with Crippen LogP contribution in [0.3, 0.4) is 0 Å². The lowest BCUT2D eigenvalue weighted by atomic mass is 10.3. The normalized spacial score (nSPS) is 22.4. The van der Waals surface area contributed by atoms with Gasteiger partial charge in [-0.25, -0.2) is 0 Å². The largest absolute Gasteiger partial charge is 0.379 e. The van der Waals surface area contributed by atoms with Gasteiger partial charge in [0, 0.05) is 25.7 Å². The predicted molar refractivity (Wildman–Crippen MR) is 48.2 cm³/mol. The molecule has 0 saturated carbocycles. The highest BCUT2D eigenvalue weighted by Gasteiger charge is 2.10. The fraction of sp³-hybridized carbons (Fsp3) is 1.00. The van der Waals surface area contributed by atoms with Gasteiger partial charge in [-0.15, -0.1) is 12.4 Å². The zero-order chi connectivity index (χ0) is 7.40. The molecule has 0 radical (unpaired) electrons. The zero-order valence-corrected chi connectivity index (χ0v) is 7.77. The fourth-order valence-corrected chi connectivity index (χ4v) is 1.19. The lowest BCUT2D eigenvalue weighted by Crippen LogP contribution is -2.42. The Bertz CT molecular complexity index is 94.4. The van der Waals surface area contributed by atoms with E-state index in [1.54, 1.807) is 0 Å². The van der Waals surface area contributed by atoms with Gasteiger partial charge in [-0.05, 0) is 6.92 Å². The summed E-state index contributed by atoms with van der Waals surface area (Å²) in [5.74, 6) is 0. The second-order valence-corrected chi connectivity index (χ2v) is 2.89. The molecule has 1 heterocycles. The van der Waals surface area contributed by atoms with Crippen molar-refractivity contribution >= 4 is 12.4 Å². The highest BCUT2D eigenvalue weighted by Crippen LogP contribution is 1.96. The molecule has 11 heavy (non-hydrogen) atoms. The first-order chi connectivity index (χ1) is 4.79. The van der Waals surface area contributed by atoms with Crippen LogP contribution in [0, 0.1) is 0 Å². The molecule has 1 aliphatic heterocycles. The summed E-state index contributed by atoms with van der Waals surface area (Å²) in [4.78, 5) is 2.34. The van der Waals surface area contributed by atoms with Gasteiger partial charge in [-0.2, -0.15) is 0 Å². The highest BCUT2D eigenvalue weighted by molar-refractivity contribution is 5.85. The third-order valence-electron chi connectivity index (χ3n) is 1.65. The van der Waals surface area contributed by atoms with E-state index in [9.17, 15) is 0 Å². The number of nitrogens with zero attached hydrogens (tertiary/aromatic N) is 1. The second kappa shape index (κ2) is 5.77. The maximum absolute atomic E-state index is 5.64. The van der Waals surface area contributed by atoms with Crippen molar-refractivity contribution in [2.24, 2.45) is 5.73 Å². The fourth-order valence-electron chi connectivity index (χ4n) is 1.19. The number of ether oxygens (including phenoxy) is 1. The minimum Gasteiger partial charge on any atom is -0.379 e. The van der Waals surface area contributed by atoms with Gasteiger partial charge in [-0.3, -0.25) is 4.90 Å². The van der Waals surface area contributed by atoms with E-state index in [4.69, 9.17) is 10.5 Å². The van der Waals surface area contributed by atoms with E-state index in [-0.39, 0.29) is 18.4 Å². The lowest BCUT2D eigenvalue weighted by molar-refractivity contribution is 0.0360. The van der Waals surface area contributed by atoms with Gasteiger partial charge < -0.3 is 10.5 Å². The quantitative estimate of drug-likeness (QED) is 0.655. The summed E-state index contributed by atoms with van der Waals surface area (Å²) in [7, 11) is 0. The molecule has 0 aromatic heterocycles. The van der Waals surface area contributed by atoms with Crippen molar-refractivity contribution in [2.75, 3.05) is 32.8 Å². The number of halogens is 1. The van der Waals surface area contributed by atoms with Crippen molar-refractivity contribution in [2.45, 2.75) is 13.0 Å². The summed E-state index contributed by atoms with van der Waals surface area (Å²) >= 11 is 0. The van der Waals surface area contributed by atoms with Crippen LogP contribution in [0.1, 0.15) is 6.92 Å². The maximum atomic E-state index is 5.64. The minimum atomic E-state index is 0. The van der Waals surface area contributed by atoms with Crippen LogP contribution in [0.5, 0.6) is 0 Å². The van der Waals surface area contributed by atoms with E-state index in [0.29, 0.717) is 0 Å². The minimum absolute atomic E-state index is 0. The Hall–Kier alpha value is 0.170. The lowest BCUT2D eigenvalue weighted by Gasteiger charge is -2.27. The SMILES string of the molecule is CC(N)CN1CCOCC1.Cl. The van der Waals surface area contributed by atoms with Crippen LogP contribution >= 0.6 is 12.4 Å². The van der Waals surface area contributed by atoms with Gasteiger partial charge >= 0.3 is 0 Å². The van der Waals surface area contributed by atoms with Crippen LogP contribution in [0.2, 0.25) is 0 Å². The molecule has 68 valence electrons. The van der Waals surface area contributed by atoms with Crippen LogP contribution in [0.15, 0.2) is 0 Å². The van der Waals surface area contributed by atoms with E-state index >= 15 is 0 Å². The van der Waals surface area contributed by atoms with Gasteiger partial charge in [0.15, 0.2) is 0 Å². The Labute approximate surface area is 74.3 Å². The molecule has 3 nitrogen and oxygen atoms in total. The van der Waals surface area contributed by atoms with Gasteiger partial charge in [0.25, 0.3) is 0 Å². The van der Waals surface area contributed by atoms with Gasteiger partial charge in [-0.1, -0.05) is 0 Å². The van der Waals surface area contributed by atoms with Crippen molar-refractivity contribution in [1.29, 1.82) is 0 Å². The second-order valence-electron chi connectivity index (χ2n) is 2.89. The van der Waals surface area contributed by atoms with Crippen LogP contribution in [0.25, 0.3) is 0 Å². The smallest absolute Gasteiger partial charge is 0.0594 e. The summed E-state index contributed by atoms with van der Waals surface area (Å²) in [5, 5.41) is 0. The van der Waals surface area contributed by atoms with Gasteiger partial charge in [0.2, 0.25) is 0 Å². The molecule has 0 amide bonds. The molecule has 0 aliphatic carbocycles. The topological polar surface area (TPSA) is 38.5 Å². The summed E-state index contributed by atoms with van der Waals surface area (Å²) in [6, 6.07) is 0.290. The molecule has 1 atom stereocenters. The molecular formula is C7H17ClN2O. The van der Waals surface area contributed by atoms with Crippen molar-refractivity contribution in [3.63, 3.8) is 0 Å². The molecule has 0 aromatic carbocycles. The molecular weight excluding hydrogens is 164 g/mol. The molecule has 2 N–H and O–H groups in total. The van der Waals surface area contributed by atoms with Crippen LogP contribution in [-0.2, 0) is 4.74 Å². The first-order valence-corrected chi connectivity index (χ1v) is 3.84. The molecule has 0 bridgehead atoms. The number of hydrogen-bond acceptors (Lipinski definition) is 3. The van der Waals surface area contributed by atoms with Gasteiger partial charge in [0.1, 0.15) is 0 Å². The summed E-state index contributed by atoms with van der Waals surface area (Å²) in [5.41, 5.74) is 5.64. The van der Waals surface area contributed by atoms with Gasteiger partial charge in [0.05, 0.1) is 13.2 Å². The molecule has 4 heteroatoms. The monoisotopic (exact) mass is 180 g/mol. The first kappa shape index (κ1) is 11.2. The van der Waals surface area contributed by atoms with Crippen LogP contribution in [-0.4, -0.2) is 43.8 Å². The Balaban J connectivity index is 0.000001000. The van der Waals surface area contributed by atoms with E-state index < -0.39 is 0 Å². The predicted octanol–water partition coefficient (Wildman–Crippen LogP) is 0.0876. The molecule has 1 saturated heterocycles.